The molecule has 0 spiro atoms. The molecule has 0 bridgehead atoms. The molecule has 1 rings (SSSR count). The molecule has 0 aromatic rings. The molecule has 0 amide bonds. The number of halogens is 1. The third-order valence-electron chi connectivity index (χ3n) is 1.73. The Bertz CT molecular complexity index is 122. The molecule has 0 aliphatic heterocycles. The quantitative estimate of drug-likeness (QED) is 0.489. The fraction of sp³-hybridized carbons (Fsp3) is 0.714. The molecule has 0 radical (unpaired) electrons. The van der Waals surface area contributed by atoms with E-state index in [-0.39, 0.29) is 12.0 Å². The SMILES string of the molecule is CC1C=CC(N)CC1F. The lowest BCUT2D eigenvalue weighted by molar-refractivity contribution is 0.242. The summed E-state index contributed by atoms with van der Waals surface area (Å²) in [7, 11) is 0. The highest BCUT2D eigenvalue weighted by atomic mass is 19.1. The second-order valence-corrected chi connectivity index (χ2v) is 2.66. The fourth-order valence-electron chi connectivity index (χ4n) is 0.992. The number of nitrogens with two attached hydrogens (primary N) is 1. The highest BCUT2D eigenvalue weighted by molar-refractivity contribution is 5.02. The molecule has 52 valence electrons. The standard InChI is InChI=1S/C7H12FN/c1-5-2-3-6(9)4-7(5)8/h2-3,5-7H,4,9H2,1H3. The third-order valence-corrected chi connectivity index (χ3v) is 1.73. The number of hydrogen-bond acceptors (Lipinski definition) is 1. The maximum atomic E-state index is 12.7. The molecule has 0 aromatic carbocycles. The average Bonchev–Trinajstić information content (AvgIpc) is 1.80. The van der Waals surface area contributed by atoms with Crippen molar-refractivity contribution in [2.75, 3.05) is 0 Å². The van der Waals surface area contributed by atoms with Crippen molar-refractivity contribution in [2.24, 2.45) is 11.7 Å². The van der Waals surface area contributed by atoms with Crippen molar-refractivity contribution in [2.45, 2.75) is 25.6 Å². The smallest absolute Gasteiger partial charge is 0.108 e. The molecule has 1 aliphatic rings. The summed E-state index contributed by atoms with van der Waals surface area (Å²) in [5.41, 5.74) is 5.46. The summed E-state index contributed by atoms with van der Waals surface area (Å²) in [4.78, 5) is 0. The van der Waals surface area contributed by atoms with Crippen LogP contribution >= 0.6 is 0 Å². The Kier molecular flexibility index (Phi) is 1.86. The lowest BCUT2D eigenvalue weighted by Gasteiger charge is -2.20. The molecule has 3 unspecified atom stereocenters. The zero-order valence-electron chi connectivity index (χ0n) is 5.55. The van der Waals surface area contributed by atoms with Gasteiger partial charge >= 0.3 is 0 Å². The molecule has 0 aromatic heterocycles. The average molecular weight is 129 g/mol. The van der Waals surface area contributed by atoms with Crippen molar-refractivity contribution in [3.05, 3.63) is 12.2 Å². The van der Waals surface area contributed by atoms with E-state index in [4.69, 9.17) is 5.73 Å². The summed E-state index contributed by atoms with van der Waals surface area (Å²) in [5.74, 6) is 0.0600. The van der Waals surface area contributed by atoms with Crippen LogP contribution in [0.5, 0.6) is 0 Å². The Morgan fingerprint density at radius 1 is 1.56 bits per heavy atom. The van der Waals surface area contributed by atoms with Gasteiger partial charge in [0, 0.05) is 12.0 Å². The first-order chi connectivity index (χ1) is 4.20. The predicted octanol–water partition coefficient (Wildman–Crippen LogP) is 1.25. The maximum absolute atomic E-state index is 12.7. The van der Waals surface area contributed by atoms with Crippen LogP contribution < -0.4 is 5.73 Å². The van der Waals surface area contributed by atoms with Crippen molar-refractivity contribution in [3.8, 4) is 0 Å². The van der Waals surface area contributed by atoms with Crippen molar-refractivity contribution < 1.29 is 4.39 Å². The van der Waals surface area contributed by atoms with Gasteiger partial charge in [-0.25, -0.2) is 4.39 Å². The van der Waals surface area contributed by atoms with Crippen LogP contribution in [0.25, 0.3) is 0 Å². The van der Waals surface area contributed by atoms with E-state index in [9.17, 15) is 4.39 Å². The van der Waals surface area contributed by atoms with Gasteiger partial charge in [0.1, 0.15) is 6.17 Å². The molecule has 0 heterocycles. The van der Waals surface area contributed by atoms with Crippen LogP contribution in [0.4, 0.5) is 4.39 Å². The van der Waals surface area contributed by atoms with E-state index in [1.54, 1.807) is 0 Å². The Balaban J connectivity index is 2.54. The first-order valence-corrected chi connectivity index (χ1v) is 3.28. The number of rotatable bonds is 0. The van der Waals surface area contributed by atoms with Crippen molar-refractivity contribution >= 4 is 0 Å². The Morgan fingerprint density at radius 2 is 2.22 bits per heavy atom. The van der Waals surface area contributed by atoms with Crippen LogP contribution in [0, 0.1) is 5.92 Å². The van der Waals surface area contributed by atoms with Crippen LogP contribution in [0.3, 0.4) is 0 Å². The molecule has 1 aliphatic carbocycles. The van der Waals surface area contributed by atoms with E-state index in [1.165, 1.54) is 0 Å². The van der Waals surface area contributed by atoms with Crippen molar-refractivity contribution in [1.82, 2.24) is 0 Å². The fourth-order valence-corrected chi connectivity index (χ4v) is 0.992. The number of allylic oxidation sites excluding steroid dienone is 1. The summed E-state index contributed by atoms with van der Waals surface area (Å²) in [6.07, 6.45) is 3.47. The third kappa shape index (κ3) is 1.52. The van der Waals surface area contributed by atoms with E-state index in [2.05, 4.69) is 0 Å². The van der Waals surface area contributed by atoms with Crippen LogP contribution in [0.2, 0.25) is 0 Å². The lowest BCUT2D eigenvalue weighted by Crippen LogP contribution is -2.28. The summed E-state index contributed by atoms with van der Waals surface area (Å²) >= 11 is 0. The Hall–Kier alpha value is -0.370. The molecule has 9 heavy (non-hydrogen) atoms. The minimum absolute atomic E-state index is 0.0591. The monoisotopic (exact) mass is 129 g/mol. The molecule has 2 N–H and O–H groups in total. The minimum Gasteiger partial charge on any atom is -0.324 e. The summed E-state index contributed by atoms with van der Waals surface area (Å²) < 4.78 is 12.7. The first-order valence-electron chi connectivity index (χ1n) is 3.28. The van der Waals surface area contributed by atoms with Gasteiger partial charge in [-0.15, -0.1) is 0 Å². The largest absolute Gasteiger partial charge is 0.324 e. The van der Waals surface area contributed by atoms with Gasteiger partial charge in [0.2, 0.25) is 0 Å². The van der Waals surface area contributed by atoms with Gasteiger partial charge in [-0.3, -0.25) is 0 Å². The van der Waals surface area contributed by atoms with Crippen LogP contribution in [-0.2, 0) is 0 Å². The highest BCUT2D eigenvalue weighted by Gasteiger charge is 2.19. The minimum atomic E-state index is -0.731. The zero-order valence-corrected chi connectivity index (χ0v) is 5.55. The van der Waals surface area contributed by atoms with Gasteiger partial charge in [0.25, 0.3) is 0 Å². The van der Waals surface area contributed by atoms with E-state index in [0.29, 0.717) is 6.42 Å². The number of hydrogen-bond donors (Lipinski definition) is 1. The van der Waals surface area contributed by atoms with Crippen molar-refractivity contribution in [1.29, 1.82) is 0 Å². The molecule has 3 atom stereocenters. The van der Waals surface area contributed by atoms with E-state index in [0.717, 1.165) is 0 Å². The van der Waals surface area contributed by atoms with E-state index in [1.807, 2.05) is 19.1 Å². The highest BCUT2D eigenvalue weighted by Crippen LogP contribution is 2.19. The normalized spacial score (nSPS) is 43.2. The Labute approximate surface area is 54.7 Å². The van der Waals surface area contributed by atoms with Gasteiger partial charge in [-0.1, -0.05) is 19.1 Å². The molecule has 2 heteroatoms. The van der Waals surface area contributed by atoms with Crippen LogP contribution in [-0.4, -0.2) is 12.2 Å². The van der Waals surface area contributed by atoms with E-state index >= 15 is 0 Å². The summed E-state index contributed by atoms with van der Waals surface area (Å²) in [6, 6.07) is -0.0591. The first kappa shape index (κ1) is 6.75. The summed E-state index contributed by atoms with van der Waals surface area (Å²) in [5, 5.41) is 0. The number of alkyl halides is 1. The maximum Gasteiger partial charge on any atom is 0.108 e. The molecule has 1 nitrogen and oxygen atoms in total. The van der Waals surface area contributed by atoms with Gasteiger partial charge in [0.15, 0.2) is 0 Å². The van der Waals surface area contributed by atoms with Gasteiger partial charge < -0.3 is 5.73 Å². The van der Waals surface area contributed by atoms with Crippen molar-refractivity contribution in [3.63, 3.8) is 0 Å². The van der Waals surface area contributed by atoms with E-state index < -0.39 is 6.17 Å². The van der Waals surface area contributed by atoms with Crippen LogP contribution in [0.15, 0.2) is 12.2 Å². The topological polar surface area (TPSA) is 26.0 Å². The van der Waals surface area contributed by atoms with Crippen LogP contribution in [0.1, 0.15) is 13.3 Å². The Morgan fingerprint density at radius 3 is 2.67 bits per heavy atom. The molecule has 0 fully saturated rings. The molecular formula is C7H12FN. The molecule has 0 saturated heterocycles. The summed E-state index contributed by atoms with van der Waals surface area (Å²) in [6.45, 7) is 1.87. The predicted molar refractivity (Wildman–Crippen MR) is 35.8 cm³/mol. The van der Waals surface area contributed by atoms with Gasteiger partial charge in [-0.05, 0) is 6.42 Å². The lowest BCUT2D eigenvalue weighted by atomic mass is 9.93. The molecule has 0 saturated carbocycles. The second-order valence-electron chi connectivity index (χ2n) is 2.66. The van der Waals surface area contributed by atoms with Gasteiger partial charge in [-0.2, -0.15) is 0 Å². The zero-order chi connectivity index (χ0) is 6.85. The van der Waals surface area contributed by atoms with Gasteiger partial charge in [0.05, 0.1) is 0 Å². The second kappa shape index (κ2) is 2.48. The molecular weight excluding hydrogens is 117 g/mol.